The van der Waals surface area contributed by atoms with Gasteiger partial charge in [-0.3, -0.25) is 9.69 Å². The van der Waals surface area contributed by atoms with Crippen LogP contribution in [0.25, 0.3) is 0 Å². The number of carbonyl (C=O) groups is 1. The number of amides is 1. The van der Waals surface area contributed by atoms with Gasteiger partial charge in [-0.25, -0.2) is 8.42 Å². The van der Waals surface area contributed by atoms with Gasteiger partial charge in [0.25, 0.3) is 5.22 Å². The first-order valence-corrected chi connectivity index (χ1v) is 13.4. The fourth-order valence-corrected chi connectivity index (χ4v) is 6.72. The van der Waals surface area contributed by atoms with Crippen LogP contribution in [0.3, 0.4) is 0 Å². The Bertz CT molecular complexity index is 988. The Labute approximate surface area is 187 Å². The molecule has 1 aromatic carbocycles. The van der Waals surface area contributed by atoms with E-state index in [4.69, 9.17) is 4.42 Å². The van der Waals surface area contributed by atoms with Crippen LogP contribution in [0, 0.1) is 5.92 Å². The van der Waals surface area contributed by atoms with E-state index in [-0.39, 0.29) is 29.1 Å². The Morgan fingerprint density at radius 3 is 2.61 bits per heavy atom. The van der Waals surface area contributed by atoms with Crippen molar-refractivity contribution in [2.75, 3.05) is 43.4 Å². The average molecular weight is 465 g/mol. The molecule has 8 nitrogen and oxygen atoms in total. The van der Waals surface area contributed by atoms with Gasteiger partial charge in [0.15, 0.2) is 9.84 Å². The molecule has 0 spiro atoms. The quantitative estimate of drug-likeness (QED) is 0.575. The molecule has 31 heavy (non-hydrogen) atoms. The summed E-state index contributed by atoms with van der Waals surface area (Å²) < 4.78 is 28.8. The highest BCUT2D eigenvalue weighted by Gasteiger charge is 2.29. The molecular formula is C21H28N4O4S2. The number of aromatic nitrogens is 2. The molecule has 10 heteroatoms. The van der Waals surface area contributed by atoms with Gasteiger partial charge in [0.1, 0.15) is 0 Å². The largest absolute Gasteiger partial charge is 0.416 e. The zero-order valence-corrected chi connectivity index (χ0v) is 19.3. The summed E-state index contributed by atoms with van der Waals surface area (Å²) in [4.78, 5) is 16.9. The molecule has 0 bridgehead atoms. The second kappa shape index (κ2) is 9.70. The number of rotatable bonds is 7. The van der Waals surface area contributed by atoms with Crippen LogP contribution in [-0.4, -0.2) is 77.8 Å². The third-order valence-electron chi connectivity index (χ3n) is 6.05. The van der Waals surface area contributed by atoms with Crippen molar-refractivity contribution in [2.45, 2.75) is 31.0 Å². The first-order valence-electron chi connectivity index (χ1n) is 10.6. The van der Waals surface area contributed by atoms with Gasteiger partial charge in [0.05, 0.1) is 17.3 Å². The van der Waals surface area contributed by atoms with Crippen LogP contribution in [0.1, 0.15) is 30.8 Å². The van der Waals surface area contributed by atoms with E-state index >= 15 is 0 Å². The first kappa shape index (κ1) is 22.3. The molecule has 3 heterocycles. The molecule has 2 saturated heterocycles. The van der Waals surface area contributed by atoms with Gasteiger partial charge in [-0.05, 0) is 24.8 Å². The summed E-state index contributed by atoms with van der Waals surface area (Å²) in [5, 5.41) is 8.37. The minimum Gasteiger partial charge on any atom is -0.416 e. The van der Waals surface area contributed by atoms with E-state index in [0.29, 0.717) is 43.1 Å². The third kappa shape index (κ3) is 5.87. The smallest absolute Gasteiger partial charge is 0.277 e. The minimum atomic E-state index is -2.92. The molecule has 4 rings (SSSR count). The van der Waals surface area contributed by atoms with E-state index in [2.05, 4.69) is 46.3 Å². The number of thioether (sulfide) groups is 1. The van der Waals surface area contributed by atoms with Gasteiger partial charge in [-0.2, -0.15) is 0 Å². The van der Waals surface area contributed by atoms with E-state index in [1.807, 2.05) is 11.0 Å². The highest BCUT2D eigenvalue weighted by Crippen LogP contribution is 2.25. The summed E-state index contributed by atoms with van der Waals surface area (Å²) in [5.74, 6) is 1.23. The third-order valence-corrected chi connectivity index (χ3v) is 8.69. The lowest BCUT2D eigenvalue weighted by Gasteiger charge is -2.38. The van der Waals surface area contributed by atoms with Gasteiger partial charge in [-0.1, -0.05) is 42.1 Å². The summed E-state index contributed by atoms with van der Waals surface area (Å²) in [6, 6.07) is 10.8. The Morgan fingerprint density at radius 1 is 1.19 bits per heavy atom. The number of carbonyl (C=O) groups excluding carboxylic acids is 1. The second-order valence-corrected chi connectivity index (χ2v) is 11.4. The molecule has 0 N–H and O–H groups in total. The van der Waals surface area contributed by atoms with Gasteiger partial charge in [0, 0.05) is 38.6 Å². The molecule has 0 saturated carbocycles. The van der Waals surface area contributed by atoms with Gasteiger partial charge >= 0.3 is 0 Å². The molecule has 2 aliphatic rings. The van der Waals surface area contributed by atoms with Crippen molar-refractivity contribution >= 4 is 27.5 Å². The Morgan fingerprint density at radius 2 is 1.94 bits per heavy atom. The van der Waals surface area contributed by atoms with Crippen molar-refractivity contribution in [1.29, 1.82) is 0 Å². The van der Waals surface area contributed by atoms with Crippen molar-refractivity contribution in [1.82, 2.24) is 20.0 Å². The molecule has 168 valence electrons. The maximum Gasteiger partial charge on any atom is 0.277 e. The highest BCUT2D eigenvalue weighted by molar-refractivity contribution is 7.99. The maximum atomic E-state index is 12.6. The standard InChI is InChI=1S/C21H28N4O4S2/c1-16(18-5-3-2-4-6-18)24-8-10-25(11-9-24)20(26)14-30-21-23-22-19(29-21)13-17-7-12-31(27,28)15-17/h2-6,16-17H,7-15H2,1H3/t16-,17+/m1/s1. The fourth-order valence-electron chi connectivity index (χ4n) is 4.17. The van der Waals surface area contributed by atoms with Crippen molar-refractivity contribution in [2.24, 2.45) is 5.92 Å². The lowest BCUT2D eigenvalue weighted by molar-refractivity contribution is -0.130. The predicted octanol–water partition coefficient (Wildman–Crippen LogP) is 2.04. The SMILES string of the molecule is C[C@H](c1ccccc1)N1CCN(C(=O)CSc2nnc(C[C@@H]3CCS(=O)(=O)C3)o2)CC1. The Balaban J connectivity index is 1.21. The molecular weight excluding hydrogens is 436 g/mol. The number of hydrogen-bond donors (Lipinski definition) is 0. The van der Waals surface area contributed by atoms with Crippen LogP contribution >= 0.6 is 11.8 Å². The van der Waals surface area contributed by atoms with Crippen LogP contribution in [-0.2, 0) is 21.1 Å². The number of nitrogens with zero attached hydrogens (tertiary/aromatic N) is 4. The molecule has 2 aromatic rings. The number of benzene rings is 1. The minimum absolute atomic E-state index is 0.0412. The molecule has 2 aliphatic heterocycles. The van der Waals surface area contributed by atoms with Crippen LogP contribution in [0.5, 0.6) is 0 Å². The van der Waals surface area contributed by atoms with Crippen molar-refractivity contribution in [3.8, 4) is 0 Å². The van der Waals surface area contributed by atoms with E-state index in [9.17, 15) is 13.2 Å². The van der Waals surface area contributed by atoms with E-state index in [1.54, 1.807) is 0 Å². The molecule has 1 aromatic heterocycles. The zero-order valence-electron chi connectivity index (χ0n) is 17.6. The predicted molar refractivity (Wildman–Crippen MR) is 118 cm³/mol. The summed E-state index contributed by atoms with van der Waals surface area (Å²) >= 11 is 1.24. The molecule has 2 fully saturated rings. The van der Waals surface area contributed by atoms with Crippen LogP contribution in [0.4, 0.5) is 0 Å². The molecule has 0 unspecified atom stereocenters. The molecule has 0 aliphatic carbocycles. The van der Waals surface area contributed by atoms with Crippen molar-refractivity contribution < 1.29 is 17.6 Å². The number of piperazine rings is 1. The summed E-state index contributed by atoms with van der Waals surface area (Å²) in [6.07, 6.45) is 1.11. The Kier molecular flexibility index (Phi) is 6.98. The van der Waals surface area contributed by atoms with Gasteiger partial charge < -0.3 is 9.32 Å². The van der Waals surface area contributed by atoms with Gasteiger partial charge in [-0.15, -0.1) is 10.2 Å². The highest BCUT2D eigenvalue weighted by atomic mass is 32.2. The fraction of sp³-hybridized carbons (Fsp3) is 0.571. The monoisotopic (exact) mass is 464 g/mol. The van der Waals surface area contributed by atoms with E-state index < -0.39 is 9.84 Å². The molecule has 2 atom stereocenters. The lowest BCUT2D eigenvalue weighted by atomic mass is 10.1. The summed E-state index contributed by atoms with van der Waals surface area (Å²) in [6.45, 7) is 5.32. The van der Waals surface area contributed by atoms with Gasteiger partial charge in [0.2, 0.25) is 11.8 Å². The lowest BCUT2D eigenvalue weighted by Crippen LogP contribution is -2.49. The second-order valence-electron chi connectivity index (χ2n) is 8.23. The zero-order chi connectivity index (χ0) is 21.8. The van der Waals surface area contributed by atoms with Crippen molar-refractivity contribution in [3.05, 3.63) is 41.8 Å². The summed E-state index contributed by atoms with van der Waals surface area (Å²) in [5.41, 5.74) is 1.29. The number of hydrogen-bond acceptors (Lipinski definition) is 8. The Hall–Kier alpha value is -1.91. The topological polar surface area (TPSA) is 96.6 Å². The maximum absolute atomic E-state index is 12.6. The van der Waals surface area contributed by atoms with E-state index in [1.165, 1.54) is 17.3 Å². The molecule has 1 amide bonds. The summed E-state index contributed by atoms with van der Waals surface area (Å²) in [7, 11) is -2.92. The van der Waals surface area contributed by atoms with Crippen LogP contribution in [0.15, 0.2) is 40.0 Å². The van der Waals surface area contributed by atoms with Crippen LogP contribution in [0.2, 0.25) is 0 Å². The number of sulfone groups is 1. The first-order chi connectivity index (χ1) is 14.9. The molecule has 0 radical (unpaired) electrons. The van der Waals surface area contributed by atoms with Crippen molar-refractivity contribution in [3.63, 3.8) is 0 Å². The normalized spacial score (nSPS) is 22.5. The average Bonchev–Trinajstić information content (AvgIpc) is 3.37. The van der Waals surface area contributed by atoms with Crippen LogP contribution < -0.4 is 0 Å². The van der Waals surface area contributed by atoms with E-state index in [0.717, 1.165) is 13.1 Å².